The maximum absolute atomic E-state index is 12.3. The summed E-state index contributed by atoms with van der Waals surface area (Å²) in [4.78, 5) is 0. The zero-order valence-corrected chi connectivity index (χ0v) is 19.1. The molecule has 11 heteroatoms. The highest BCUT2D eigenvalue weighted by molar-refractivity contribution is 6.55. The molecule has 0 aliphatic heterocycles. The molecule has 0 radical (unpaired) electrons. The second-order valence-corrected chi connectivity index (χ2v) is 8.11. The highest BCUT2D eigenvalue weighted by atomic mass is 35.5. The van der Waals surface area contributed by atoms with E-state index in [0.717, 1.165) is 6.08 Å². The molecule has 1 aromatic rings. The summed E-state index contributed by atoms with van der Waals surface area (Å²) in [6, 6.07) is 3.05. The maximum Gasteiger partial charge on any atom is 0.426 e. The van der Waals surface area contributed by atoms with E-state index in [2.05, 4.69) is 0 Å². The molecule has 0 heterocycles. The summed E-state index contributed by atoms with van der Waals surface area (Å²) in [5.74, 6) is 0.655. The van der Waals surface area contributed by atoms with Crippen molar-refractivity contribution in [3.05, 3.63) is 43.9 Å². The number of alkyl halides is 3. The number of benzene rings is 1. The predicted octanol–water partition coefficient (Wildman–Crippen LogP) is 7.94. The molecule has 1 aromatic carbocycles. The van der Waals surface area contributed by atoms with Gasteiger partial charge in [0.2, 0.25) is 0 Å². The van der Waals surface area contributed by atoms with Crippen molar-refractivity contribution in [2.75, 3.05) is 13.2 Å². The molecule has 0 spiro atoms. The summed E-state index contributed by atoms with van der Waals surface area (Å²) < 4.78 is 53.5. The van der Waals surface area contributed by atoms with E-state index in [4.69, 9.17) is 72.2 Å². The minimum Gasteiger partial charge on any atom is -0.489 e. The fourth-order valence-corrected chi connectivity index (χ4v) is 2.86. The lowest BCUT2D eigenvalue weighted by Crippen LogP contribution is -2.21. The third kappa shape index (κ3) is 10.4. The van der Waals surface area contributed by atoms with Gasteiger partial charge in [0.25, 0.3) is 0 Å². The number of halogens is 8. The van der Waals surface area contributed by atoms with E-state index in [1.165, 1.54) is 18.2 Å². The molecule has 0 N–H and O–H groups in total. The van der Waals surface area contributed by atoms with Gasteiger partial charge in [0.1, 0.15) is 21.9 Å². The van der Waals surface area contributed by atoms with Gasteiger partial charge in [-0.2, -0.15) is 13.2 Å². The smallest absolute Gasteiger partial charge is 0.426 e. The van der Waals surface area contributed by atoms with E-state index in [-0.39, 0.29) is 39.6 Å². The summed E-state index contributed by atoms with van der Waals surface area (Å²) in [7, 11) is 0. The van der Waals surface area contributed by atoms with Crippen molar-refractivity contribution in [1.29, 1.82) is 0 Å². The van der Waals surface area contributed by atoms with Gasteiger partial charge in [0.05, 0.1) is 28.9 Å². The number of ether oxygens (including phenoxy) is 3. The van der Waals surface area contributed by atoms with Crippen LogP contribution >= 0.6 is 58.0 Å². The van der Waals surface area contributed by atoms with Crippen molar-refractivity contribution in [3.8, 4) is 11.5 Å². The standard InChI is InChI=1S/C18H18Cl5F3O3/c1-10(27-5-3-15(21)18(24,25)26)7-11(2)29-17-13(19)8-12(9-14(17)20)28-6-4-16(22)23/h3-4,8-11H,5-7H2,1-2H3. The fraction of sp³-hybridized carbons (Fsp3) is 0.444. The van der Waals surface area contributed by atoms with E-state index in [0.29, 0.717) is 12.2 Å². The molecule has 0 bridgehead atoms. The number of hydrogen-bond donors (Lipinski definition) is 0. The molecule has 2 unspecified atom stereocenters. The topological polar surface area (TPSA) is 27.7 Å². The van der Waals surface area contributed by atoms with Crippen LogP contribution in [0.1, 0.15) is 20.3 Å². The molecule has 0 aliphatic rings. The Balaban J connectivity index is 2.60. The minimum atomic E-state index is -4.58. The third-order valence-corrected chi connectivity index (χ3v) is 4.60. The first kappa shape index (κ1) is 26.5. The number of allylic oxidation sites excluding steroid dienone is 1. The van der Waals surface area contributed by atoms with E-state index in [1.807, 2.05) is 0 Å². The molecule has 164 valence electrons. The maximum atomic E-state index is 12.3. The highest BCUT2D eigenvalue weighted by Gasteiger charge is 2.32. The number of hydrogen-bond acceptors (Lipinski definition) is 3. The van der Waals surface area contributed by atoms with Crippen LogP contribution in [0.4, 0.5) is 13.2 Å². The Bertz CT molecular complexity index is 711. The molecule has 0 aromatic heterocycles. The Hall–Kier alpha value is -0.500. The zero-order valence-electron chi connectivity index (χ0n) is 15.3. The van der Waals surface area contributed by atoms with Crippen LogP contribution in [-0.2, 0) is 4.74 Å². The molecule has 0 amide bonds. The molecule has 1 rings (SSSR count). The first-order valence-corrected chi connectivity index (χ1v) is 10.1. The molecular weight excluding hydrogens is 498 g/mol. The van der Waals surface area contributed by atoms with Gasteiger partial charge in [-0.1, -0.05) is 58.0 Å². The second-order valence-electron chi connectivity index (χ2n) is 5.88. The van der Waals surface area contributed by atoms with Crippen LogP contribution in [0.5, 0.6) is 11.5 Å². The first-order valence-electron chi connectivity index (χ1n) is 8.24. The van der Waals surface area contributed by atoms with Crippen LogP contribution in [0.15, 0.2) is 33.8 Å². The van der Waals surface area contributed by atoms with E-state index >= 15 is 0 Å². The average Bonchev–Trinajstić information content (AvgIpc) is 2.56. The van der Waals surface area contributed by atoms with Crippen LogP contribution in [0.25, 0.3) is 0 Å². The lowest BCUT2D eigenvalue weighted by Gasteiger charge is -2.21. The van der Waals surface area contributed by atoms with E-state index in [9.17, 15) is 13.2 Å². The van der Waals surface area contributed by atoms with Crippen molar-refractivity contribution >= 4 is 58.0 Å². The van der Waals surface area contributed by atoms with Crippen molar-refractivity contribution in [1.82, 2.24) is 0 Å². The summed E-state index contributed by atoms with van der Waals surface area (Å²) in [5.41, 5.74) is 0. The molecule has 0 saturated carbocycles. The Kier molecular flexibility index (Phi) is 11.3. The second kappa shape index (κ2) is 12.4. The van der Waals surface area contributed by atoms with Crippen LogP contribution in [0.2, 0.25) is 10.0 Å². The predicted molar refractivity (Wildman–Crippen MR) is 112 cm³/mol. The minimum absolute atomic E-state index is 0.0727. The third-order valence-electron chi connectivity index (χ3n) is 3.36. The SMILES string of the molecule is CC(CC(C)Oc1c(Cl)cc(OCC=C(Cl)Cl)cc1Cl)OCC=C(Cl)C(F)(F)F. The molecular formula is C18H18Cl5F3O3. The lowest BCUT2D eigenvalue weighted by atomic mass is 10.2. The van der Waals surface area contributed by atoms with Crippen LogP contribution in [0, 0.1) is 0 Å². The van der Waals surface area contributed by atoms with Crippen molar-refractivity contribution in [3.63, 3.8) is 0 Å². The molecule has 2 atom stereocenters. The normalized spacial score (nSPS) is 14.3. The highest BCUT2D eigenvalue weighted by Crippen LogP contribution is 2.38. The number of rotatable bonds is 10. The summed E-state index contributed by atoms with van der Waals surface area (Å²) in [6.07, 6.45) is -2.77. The van der Waals surface area contributed by atoms with Gasteiger partial charge >= 0.3 is 6.18 Å². The van der Waals surface area contributed by atoms with Gasteiger partial charge in [0, 0.05) is 18.6 Å². The largest absolute Gasteiger partial charge is 0.489 e. The van der Waals surface area contributed by atoms with Crippen molar-refractivity contribution < 1.29 is 27.4 Å². The quantitative estimate of drug-likeness (QED) is 0.316. The van der Waals surface area contributed by atoms with Gasteiger partial charge < -0.3 is 14.2 Å². The van der Waals surface area contributed by atoms with Crippen LogP contribution < -0.4 is 9.47 Å². The van der Waals surface area contributed by atoms with Crippen LogP contribution in [-0.4, -0.2) is 31.6 Å². The fourth-order valence-electron chi connectivity index (χ4n) is 2.12. The Labute approximate surface area is 192 Å². The summed E-state index contributed by atoms with van der Waals surface area (Å²) in [6.45, 7) is 3.31. The Morgan fingerprint density at radius 1 is 1.00 bits per heavy atom. The summed E-state index contributed by atoms with van der Waals surface area (Å²) in [5, 5.41) is -0.763. The molecule has 0 saturated heterocycles. The van der Waals surface area contributed by atoms with Gasteiger partial charge in [-0.15, -0.1) is 0 Å². The van der Waals surface area contributed by atoms with Crippen LogP contribution in [0.3, 0.4) is 0 Å². The lowest BCUT2D eigenvalue weighted by molar-refractivity contribution is -0.0853. The van der Waals surface area contributed by atoms with Gasteiger partial charge in [-0.05, 0) is 26.0 Å². The van der Waals surface area contributed by atoms with Gasteiger partial charge in [0.15, 0.2) is 5.75 Å². The molecule has 29 heavy (non-hydrogen) atoms. The summed E-state index contributed by atoms with van der Waals surface area (Å²) >= 11 is 28.5. The van der Waals surface area contributed by atoms with E-state index < -0.39 is 17.3 Å². The molecule has 0 fully saturated rings. The van der Waals surface area contributed by atoms with Gasteiger partial charge in [-0.25, -0.2) is 0 Å². The molecule has 3 nitrogen and oxygen atoms in total. The van der Waals surface area contributed by atoms with Gasteiger partial charge in [-0.3, -0.25) is 0 Å². The zero-order chi connectivity index (χ0) is 22.2. The monoisotopic (exact) mass is 514 g/mol. The van der Waals surface area contributed by atoms with E-state index in [1.54, 1.807) is 13.8 Å². The molecule has 0 aliphatic carbocycles. The van der Waals surface area contributed by atoms with Crippen molar-refractivity contribution in [2.45, 2.75) is 38.7 Å². The Morgan fingerprint density at radius 2 is 1.59 bits per heavy atom. The first-order chi connectivity index (χ1) is 13.4. The average molecular weight is 517 g/mol. The Morgan fingerprint density at radius 3 is 2.10 bits per heavy atom. The van der Waals surface area contributed by atoms with Crippen molar-refractivity contribution in [2.24, 2.45) is 0 Å².